The maximum Gasteiger partial charge on any atom is 0.184 e. The van der Waals surface area contributed by atoms with E-state index in [9.17, 15) is 10.1 Å². The Morgan fingerprint density at radius 1 is 1.32 bits per heavy atom. The van der Waals surface area contributed by atoms with Gasteiger partial charge in [-0.1, -0.05) is 17.7 Å². The highest BCUT2D eigenvalue weighted by molar-refractivity contribution is 14.1. The largest absolute Gasteiger partial charge is 0.292 e. The van der Waals surface area contributed by atoms with Gasteiger partial charge < -0.3 is 0 Å². The summed E-state index contributed by atoms with van der Waals surface area (Å²) in [6.45, 7) is 0. The minimum absolute atomic E-state index is 0.257. The van der Waals surface area contributed by atoms with Crippen molar-refractivity contribution in [3.05, 3.63) is 62.4 Å². The number of carbonyl (C=O) groups excluding carboxylic acids is 1. The molecule has 0 aliphatic carbocycles. The fraction of sp³-hybridized carbons (Fsp3) is 0.0714. The fourth-order valence-corrected chi connectivity index (χ4v) is 2.17. The highest BCUT2D eigenvalue weighted by atomic mass is 127. The molecule has 1 unspecified atom stereocenters. The zero-order chi connectivity index (χ0) is 13.8. The molecule has 1 atom stereocenters. The number of Topliss-reactive ketones (excluding diaryl/α,β-unsaturated/α-hetero) is 1. The van der Waals surface area contributed by atoms with Crippen LogP contribution in [0.4, 0.5) is 0 Å². The highest BCUT2D eigenvalue weighted by Crippen LogP contribution is 2.24. The molecule has 0 radical (unpaired) electrons. The van der Waals surface area contributed by atoms with Crippen LogP contribution in [0.15, 0.2) is 42.7 Å². The fourth-order valence-electron chi connectivity index (χ4n) is 1.66. The number of rotatable bonds is 3. The second-order valence-electron chi connectivity index (χ2n) is 3.84. The number of nitrogens with zero attached hydrogens (tertiary/aromatic N) is 2. The van der Waals surface area contributed by atoms with Crippen LogP contribution >= 0.6 is 34.2 Å². The molecule has 0 bridgehead atoms. The van der Waals surface area contributed by atoms with Gasteiger partial charge >= 0.3 is 0 Å². The molecule has 0 fully saturated rings. The molecule has 0 saturated heterocycles. The lowest BCUT2D eigenvalue weighted by atomic mass is 9.92. The topological polar surface area (TPSA) is 53.8 Å². The number of ketones is 1. The van der Waals surface area contributed by atoms with Crippen molar-refractivity contribution in [2.75, 3.05) is 0 Å². The first-order valence-electron chi connectivity index (χ1n) is 5.42. The number of nitriles is 1. The SMILES string of the molecule is N#CC(C(=O)c1ccc(I)c(Cl)c1)c1ccncc1. The summed E-state index contributed by atoms with van der Waals surface area (Å²) in [5.74, 6) is -1.09. The second kappa shape index (κ2) is 6.13. The zero-order valence-electron chi connectivity index (χ0n) is 9.68. The van der Waals surface area contributed by atoms with E-state index in [1.165, 1.54) is 0 Å². The number of benzene rings is 1. The Labute approximate surface area is 129 Å². The molecule has 0 spiro atoms. The minimum atomic E-state index is -0.834. The summed E-state index contributed by atoms with van der Waals surface area (Å²) in [5.41, 5.74) is 1.07. The molecule has 1 aromatic carbocycles. The van der Waals surface area contributed by atoms with Crippen molar-refractivity contribution in [2.45, 2.75) is 5.92 Å². The summed E-state index contributed by atoms with van der Waals surface area (Å²) in [5, 5.41) is 9.72. The van der Waals surface area contributed by atoms with Crippen LogP contribution in [0.1, 0.15) is 21.8 Å². The summed E-state index contributed by atoms with van der Waals surface area (Å²) >= 11 is 8.09. The first kappa shape index (κ1) is 14.0. The lowest BCUT2D eigenvalue weighted by molar-refractivity contribution is 0.0979. The van der Waals surface area contributed by atoms with Gasteiger partial charge in [0.25, 0.3) is 0 Å². The van der Waals surface area contributed by atoms with Gasteiger partial charge in [-0.3, -0.25) is 9.78 Å². The molecule has 0 aliphatic rings. The van der Waals surface area contributed by atoms with E-state index in [-0.39, 0.29) is 5.78 Å². The van der Waals surface area contributed by atoms with Gasteiger partial charge in [-0.05, 0) is 52.4 Å². The molecule has 19 heavy (non-hydrogen) atoms. The quantitative estimate of drug-likeness (QED) is 0.599. The molecule has 2 rings (SSSR count). The molecular weight excluding hydrogens is 375 g/mol. The third-order valence-electron chi connectivity index (χ3n) is 2.63. The first-order chi connectivity index (χ1) is 9.13. The summed E-state index contributed by atoms with van der Waals surface area (Å²) in [7, 11) is 0. The maximum absolute atomic E-state index is 12.3. The van der Waals surface area contributed by atoms with Crippen molar-refractivity contribution < 1.29 is 4.79 Å². The predicted molar refractivity (Wildman–Crippen MR) is 81.1 cm³/mol. The van der Waals surface area contributed by atoms with Crippen LogP contribution in [-0.2, 0) is 0 Å². The Morgan fingerprint density at radius 2 is 2.00 bits per heavy atom. The van der Waals surface area contributed by atoms with Gasteiger partial charge in [0.05, 0.1) is 11.1 Å². The summed E-state index contributed by atoms with van der Waals surface area (Å²) in [4.78, 5) is 16.2. The number of pyridine rings is 1. The molecular formula is C14H8ClIN2O. The molecule has 0 saturated carbocycles. The lowest BCUT2D eigenvalue weighted by Gasteiger charge is -2.09. The third-order valence-corrected chi connectivity index (χ3v) is 4.21. The van der Waals surface area contributed by atoms with Crippen molar-refractivity contribution in [1.29, 1.82) is 5.26 Å². The molecule has 0 amide bonds. The first-order valence-corrected chi connectivity index (χ1v) is 6.88. The lowest BCUT2D eigenvalue weighted by Crippen LogP contribution is -2.11. The average molecular weight is 383 g/mol. The number of carbonyl (C=O) groups is 1. The summed E-state index contributed by atoms with van der Waals surface area (Å²) in [6.07, 6.45) is 3.13. The Morgan fingerprint density at radius 3 is 2.58 bits per heavy atom. The van der Waals surface area contributed by atoms with E-state index in [2.05, 4.69) is 27.6 Å². The number of halogens is 2. The van der Waals surface area contributed by atoms with Gasteiger partial charge in [-0.2, -0.15) is 5.26 Å². The molecule has 0 aliphatic heterocycles. The number of hydrogen-bond donors (Lipinski definition) is 0. The van der Waals surface area contributed by atoms with Gasteiger partial charge in [0.15, 0.2) is 5.78 Å². The third kappa shape index (κ3) is 3.11. The predicted octanol–water partition coefficient (Wildman–Crippen LogP) is 3.83. The standard InChI is InChI=1S/C14H8ClIN2O/c15-12-7-10(1-2-13(12)16)14(19)11(8-17)9-3-5-18-6-4-9/h1-7,11H. The van der Waals surface area contributed by atoms with E-state index in [1.807, 2.05) is 6.07 Å². The van der Waals surface area contributed by atoms with Crippen LogP contribution in [-0.4, -0.2) is 10.8 Å². The van der Waals surface area contributed by atoms with Crippen molar-refractivity contribution in [1.82, 2.24) is 4.98 Å². The normalized spacial score (nSPS) is 11.6. The average Bonchev–Trinajstić information content (AvgIpc) is 2.44. The van der Waals surface area contributed by atoms with E-state index in [0.717, 1.165) is 3.57 Å². The molecule has 5 heteroatoms. The van der Waals surface area contributed by atoms with Crippen molar-refractivity contribution >= 4 is 40.0 Å². The smallest absolute Gasteiger partial charge is 0.184 e. The summed E-state index contributed by atoms with van der Waals surface area (Å²) in [6, 6.07) is 10.4. The molecule has 1 aromatic heterocycles. The van der Waals surface area contributed by atoms with Crippen LogP contribution in [0.5, 0.6) is 0 Å². The van der Waals surface area contributed by atoms with Crippen molar-refractivity contribution in [3.63, 3.8) is 0 Å². The van der Waals surface area contributed by atoms with Crippen molar-refractivity contribution in [2.24, 2.45) is 0 Å². The van der Waals surface area contributed by atoms with Crippen molar-refractivity contribution in [3.8, 4) is 6.07 Å². The van der Waals surface area contributed by atoms with E-state index in [4.69, 9.17) is 11.6 Å². The second-order valence-corrected chi connectivity index (χ2v) is 5.41. The monoisotopic (exact) mass is 382 g/mol. The van der Waals surface area contributed by atoms with Gasteiger partial charge in [-0.15, -0.1) is 0 Å². The Hall–Kier alpha value is -1.45. The van der Waals surface area contributed by atoms with Crippen LogP contribution in [0.2, 0.25) is 5.02 Å². The maximum atomic E-state index is 12.3. The van der Waals surface area contributed by atoms with E-state index < -0.39 is 5.92 Å². The van der Waals surface area contributed by atoms with E-state index in [0.29, 0.717) is 16.1 Å². The van der Waals surface area contributed by atoms with Gasteiger partial charge in [0.1, 0.15) is 5.92 Å². The van der Waals surface area contributed by atoms with Gasteiger partial charge in [-0.25, -0.2) is 0 Å². The molecule has 3 nitrogen and oxygen atoms in total. The highest BCUT2D eigenvalue weighted by Gasteiger charge is 2.22. The number of aromatic nitrogens is 1. The zero-order valence-corrected chi connectivity index (χ0v) is 12.6. The molecule has 1 heterocycles. The van der Waals surface area contributed by atoms with Gasteiger partial charge in [0.2, 0.25) is 0 Å². The van der Waals surface area contributed by atoms with E-state index in [1.54, 1.807) is 42.7 Å². The minimum Gasteiger partial charge on any atom is -0.292 e. The molecule has 94 valence electrons. The molecule has 2 aromatic rings. The number of hydrogen-bond acceptors (Lipinski definition) is 3. The summed E-state index contributed by atoms with van der Waals surface area (Å²) < 4.78 is 0.869. The van der Waals surface area contributed by atoms with Crippen LogP contribution in [0.3, 0.4) is 0 Å². The van der Waals surface area contributed by atoms with Crippen LogP contribution in [0.25, 0.3) is 0 Å². The molecule has 0 N–H and O–H groups in total. The Bertz CT molecular complexity index is 652. The van der Waals surface area contributed by atoms with E-state index >= 15 is 0 Å². The van der Waals surface area contributed by atoms with Crippen LogP contribution in [0, 0.1) is 14.9 Å². The Balaban J connectivity index is 2.37. The Kier molecular flexibility index (Phi) is 4.51. The van der Waals surface area contributed by atoms with Crippen LogP contribution < -0.4 is 0 Å². The van der Waals surface area contributed by atoms with Gasteiger partial charge in [0, 0.05) is 21.5 Å².